The number of benzene rings is 1. The van der Waals surface area contributed by atoms with E-state index in [9.17, 15) is 13.2 Å². The summed E-state index contributed by atoms with van der Waals surface area (Å²) in [4.78, 5) is 14.4. The number of piperidine rings is 1. The van der Waals surface area contributed by atoms with Crippen LogP contribution in [0.5, 0.6) is 0 Å². The molecule has 0 bridgehead atoms. The standard InChI is InChI=1S/C14H20BrN3O3S.ClH/c1-17(2)22(20,21)13-4-3-10(9-12(13)15)14(19)18-7-5-11(16)6-8-18;/h3-4,9,11H,5-8,16H2,1-2H3;1H. The van der Waals surface area contributed by atoms with Crippen molar-refractivity contribution in [2.75, 3.05) is 27.2 Å². The van der Waals surface area contributed by atoms with Crippen LogP contribution in [0.1, 0.15) is 23.2 Å². The van der Waals surface area contributed by atoms with Crippen molar-refractivity contribution < 1.29 is 13.2 Å². The first-order valence-corrected chi connectivity index (χ1v) is 9.23. The molecule has 9 heteroatoms. The van der Waals surface area contributed by atoms with Crippen molar-refractivity contribution in [1.82, 2.24) is 9.21 Å². The fraction of sp³-hybridized carbons (Fsp3) is 0.500. The zero-order valence-corrected chi connectivity index (χ0v) is 16.2. The lowest BCUT2D eigenvalue weighted by Gasteiger charge is -2.30. The van der Waals surface area contributed by atoms with E-state index in [1.54, 1.807) is 17.0 Å². The van der Waals surface area contributed by atoms with Gasteiger partial charge in [0.05, 0.1) is 4.90 Å². The Morgan fingerprint density at radius 3 is 2.35 bits per heavy atom. The summed E-state index contributed by atoms with van der Waals surface area (Å²) >= 11 is 3.26. The van der Waals surface area contributed by atoms with Gasteiger partial charge in [0.2, 0.25) is 10.0 Å². The SMILES string of the molecule is CN(C)S(=O)(=O)c1ccc(C(=O)N2CCC(N)CC2)cc1Br.Cl. The van der Waals surface area contributed by atoms with Gasteiger partial charge >= 0.3 is 0 Å². The van der Waals surface area contributed by atoms with E-state index in [4.69, 9.17) is 5.73 Å². The average molecular weight is 427 g/mol. The summed E-state index contributed by atoms with van der Waals surface area (Å²) in [5, 5.41) is 0. The van der Waals surface area contributed by atoms with Crippen LogP contribution in [0, 0.1) is 0 Å². The predicted octanol–water partition coefficient (Wildman–Crippen LogP) is 1.68. The van der Waals surface area contributed by atoms with Crippen LogP contribution in [0.2, 0.25) is 0 Å². The molecule has 1 aliphatic heterocycles. The zero-order chi connectivity index (χ0) is 16.5. The molecular formula is C14H21BrClN3O3S. The largest absolute Gasteiger partial charge is 0.339 e. The number of carbonyl (C=O) groups excluding carboxylic acids is 1. The van der Waals surface area contributed by atoms with Crippen LogP contribution in [0.4, 0.5) is 0 Å². The Balaban J connectivity index is 0.00000264. The number of sulfonamides is 1. The van der Waals surface area contributed by atoms with Crippen LogP contribution in [0.15, 0.2) is 27.6 Å². The van der Waals surface area contributed by atoms with Gasteiger partial charge in [-0.15, -0.1) is 12.4 Å². The van der Waals surface area contributed by atoms with Gasteiger partial charge in [-0.05, 0) is 47.0 Å². The lowest BCUT2D eigenvalue weighted by Crippen LogP contribution is -2.42. The maximum absolute atomic E-state index is 12.5. The van der Waals surface area contributed by atoms with Gasteiger partial charge in [-0.2, -0.15) is 0 Å². The molecule has 23 heavy (non-hydrogen) atoms. The summed E-state index contributed by atoms with van der Waals surface area (Å²) in [7, 11) is -0.597. The van der Waals surface area contributed by atoms with Crippen molar-refractivity contribution in [3.8, 4) is 0 Å². The van der Waals surface area contributed by atoms with Crippen molar-refractivity contribution in [2.45, 2.75) is 23.8 Å². The first-order valence-electron chi connectivity index (χ1n) is 7.00. The highest BCUT2D eigenvalue weighted by atomic mass is 79.9. The fourth-order valence-corrected chi connectivity index (χ4v) is 4.26. The molecule has 6 nitrogen and oxygen atoms in total. The first-order chi connectivity index (χ1) is 10.2. The van der Waals surface area contributed by atoms with Gasteiger partial charge in [0.1, 0.15) is 0 Å². The van der Waals surface area contributed by atoms with E-state index in [-0.39, 0.29) is 29.3 Å². The van der Waals surface area contributed by atoms with Crippen molar-refractivity contribution >= 4 is 44.3 Å². The van der Waals surface area contributed by atoms with Crippen LogP contribution >= 0.6 is 28.3 Å². The summed E-state index contributed by atoms with van der Waals surface area (Å²) in [6.45, 7) is 1.27. The Bertz CT molecular complexity index is 674. The molecule has 1 heterocycles. The molecule has 1 fully saturated rings. The average Bonchev–Trinajstić information content (AvgIpc) is 2.46. The Labute approximate surface area is 151 Å². The van der Waals surface area contributed by atoms with Crippen molar-refractivity contribution in [3.05, 3.63) is 28.2 Å². The third kappa shape index (κ3) is 4.45. The number of hydrogen-bond acceptors (Lipinski definition) is 4. The van der Waals surface area contributed by atoms with E-state index < -0.39 is 10.0 Å². The first kappa shape index (κ1) is 20.4. The Morgan fingerprint density at radius 2 is 1.87 bits per heavy atom. The summed E-state index contributed by atoms with van der Waals surface area (Å²) in [6, 6.07) is 4.73. The van der Waals surface area contributed by atoms with Gasteiger partial charge in [-0.1, -0.05) is 0 Å². The molecule has 0 atom stereocenters. The monoisotopic (exact) mass is 425 g/mol. The highest BCUT2D eigenvalue weighted by Gasteiger charge is 2.24. The molecule has 0 radical (unpaired) electrons. The number of nitrogens with zero attached hydrogens (tertiary/aromatic N) is 2. The lowest BCUT2D eigenvalue weighted by atomic mass is 10.0. The third-order valence-corrected chi connectivity index (χ3v) is 6.56. The highest BCUT2D eigenvalue weighted by Crippen LogP contribution is 2.26. The molecule has 0 saturated carbocycles. The summed E-state index contributed by atoms with van der Waals surface area (Å²) in [6.07, 6.45) is 1.58. The van der Waals surface area contributed by atoms with Gasteiger partial charge < -0.3 is 10.6 Å². The molecular weight excluding hydrogens is 406 g/mol. The van der Waals surface area contributed by atoms with Crippen LogP contribution < -0.4 is 5.73 Å². The lowest BCUT2D eigenvalue weighted by molar-refractivity contribution is 0.0714. The molecule has 1 amide bonds. The number of hydrogen-bond donors (Lipinski definition) is 1. The van der Waals surface area contributed by atoms with Gasteiger partial charge in [0, 0.05) is 43.3 Å². The number of amides is 1. The van der Waals surface area contributed by atoms with Gasteiger partial charge in [-0.25, -0.2) is 12.7 Å². The van der Waals surface area contributed by atoms with Crippen LogP contribution in [-0.2, 0) is 10.0 Å². The number of carbonyl (C=O) groups is 1. The quantitative estimate of drug-likeness (QED) is 0.797. The van der Waals surface area contributed by atoms with Crippen molar-refractivity contribution in [1.29, 1.82) is 0 Å². The molecule has 0 spiro atoms. The van der Waals surface area contributed by atoms with E-state index in [0.29, 0.717) is 23.1 Å². The minimum atomic E-state index is -3.54. The summed E-state index contributed by atoms with van der Waals surface area (Å²) < 4.78 is 25.8. The fourth-order valence-electron chi connectivity index (χ4n) is 2.32. The number of nitrogens with two attached hydrogens (primary N) is 1. The molecule has 1 aromatic carbocycles. The predicted molar refractivity (Wildman–Crippen MR) is 95.4 cm³/mol. The minimum Gasteiger partial charge on any atom is -0.339 e. The number of halogens is 2. The van der Waals surface area contributed by atoms with Crippen molar-refractivity contribution in [3.63, 3.8) is 0 Å². The molecule has 2 N–H and O–H groups in total. The second kappa shape index (κ2) is 7.94. The maximum Gasteiger partial charge on any atom is 0.253 e. The Hall–Kier alpha value is -0.670. The molecule has 2 rings (SSSR count). The van der Waals surface area contributed by atoms with Gasteiger partial charge in [0.15, 0.2) is 0 Å². The Kier molecular flexibility index (Phi) is 7.03. The maximum atomic E-state index is 12.5. The van der Waals surface area contributed by atoms with E-state index in [1.165, 1.54) is 20.2 Å². The molecule has 0 aliphatic carbocycles. The number of rotatable bonds is 3. The van der Waals surface area contributed by atoms with Gasteiger partial charge in [-0.3, -0.25) is 4.79 Å². The molecule has 1 saturated heterocycles. The van der Waals surface area contributed by atoms with E-state index >= 15 is 0 Å². The molecule has 130 valence electrons. The molecule has 0 unspecified atom stereocenters. The van der Waals surface area contributed by atoms with E-state index in [2.05, 4.69) is 15.9 Å². The van der Waals surface area contributed by atoms with Crippen LogP contribution in [0.25, 0.3) is 0 Å². The number of likely N-dealkylation sites (tertiary alicyclic amines) is 1. The summed E-state index contributed by atoms with van der Waals surface area (Å²) in [5.41, 5.74) is 6.31. The van der Waals surface area contributed by atoms with Crippen LogP contribution in [0.3, 0.4) is 0 Å². The van der Waals surface area contributed by atoms with Crippen LogP contribution in [-0.4, -0.2) is 56.8 Å². The normalized spacial score (nSPS) is 16.3. The molecule has 0 aromatic heterocycles. The zero-order valence-electron chi connectivity index (χ0n) is 13.0. The topological polar surface area (TPSA) is 83.7 Å². The highest BCUT2D eigenvalue weighted by molar-refractivity contribution is 9.10. The second-order valence-corrected chi connectivity index (χ2v) is 8.54. The Morgan fingerprint density at radius 1 is 1.30 bits per heavy atom. The van der Waals surface area contributed by atoms with E-state index in [0.717, 1.165) is 17.1 Å². The minimum absolute atomic E-state index is 0. The second-order valence-electron chi connectivity index (χ2n) is 5.56. The molecule has 1 aromatic rings. The van der Waals surface area contributed by atoms with Gasteiger partial charge in [0.25, 0.3) is 5.91 Å². The molecule has 1 aliphatic rings. The van der Waals surface area contributed by atoms with Crippen molar-refractivity contribution in [2.24, 2.45) is 5.73 Å². The van der Waals surface area contributed by atoms with E-state index in [1.807, 2.05) is 0 Å². The summed E-state index contributed by atoms with van der Waals surface area (Å²) in [5.74, 6) is -0.0959. The third-order valence-electron chi connectivity index (χ3n) is 3.76. The smallest absolute Gasteiger partial charge is 0.253 e.